The Kier molecular flexibility index (Phi) is 12.6. The van der Waals surface area contributed by atoms with Crippen LogP contribution in [0.2, 0.25) is 0 Å². The lowest BCUT2D eigenvalue weighted by molar-refractivity contribution is 0.483. The van der Waals surface area contributed by atoms with Crippen LogP contribution in [0.5, 0.6) is 11.5 Å². The summed E-state index contributed by atoms with van der Waals surface area (Å²) in [6.45, 7) is 37.9. The minimum absolute atomic E-state index is 0.0178. The van der Waals surface area contributed by atoms with E-state index < -0.39 is 0 Å². The number of benzene rings is 7. The van der Waals surface area contributed by atoms with Gasteiger partial charge in [0.1, 0.15) is 24.0 Å². The summed E-state index contributed by atoms with van der Waals surface area (Å²) in [6, 6.07) is 60.4. The molecule has 0 atom stereocenters. The Morgan fingerprint density at radius 2 is 0.907 bits per heavy atom. The van der Waals surface area contributed by atoms with E-state index in [-0.39, 0.29) is 32.5 Å². The van der Waals surface area contributed by atoms with Gasteiger partial charge in [0.25, 0.3) is 0 Å². The first kappa shape index (κ1) is 51.4. The number of fused-ring (bicyclic) bond motifs is 4. The molecule has 9 aromatic rings. The van der Waals surface area contributed by atoms with Crippen LogP contribution in [-0.2, 0) is 32.5 Å². The number of nitrogens with zero attached hydrogens (tertiary/aromatic N) is 4. The Labute approximate surface area is 448 Å². The lowest BCUT2D eigenvalue weighted by Gasteiger charge is -2.32. The maximum absolute atomic E-state index is 7.02. The molecule has 0 saturated heterocycles. The predicted octanol–water partition coefficient (Wildman–Crippen LogP) is 19.1. The standard InChI is InChI=1S/C70H78N4O/c1-65(2,3)50-36-51(66(4,5)6)38-53(37-50)73-45-72(62-43-58(67(7,8)9)59(44-63(62)73)68(10,11)12)52-28-23-29-54(41-52)75-55-31-32-56-57-39-48(69(13,14)46-24-19-17-20-25-46)30-33-60(57)74(61(56)42-55)64-40-49(34-35-71-64)70(15,16)47-26-21-18-22-27-47/h17-44H,45H2,1-16H3. The van der Waals surface area contributed by atoms with Crippen LogP contribution in [0, 0.1) is 0 Å². The van der Waals surface area contributed by atoms with E-state index in [4.69, 9.17) is 9.72 Å². The van der Waals surface area contributed by atoms with E-state index in [1.54, 1.807) is 0 Å². The smallest absolute Gasteiger partial charge is 0.137 e. The SMILES string of the molecule is CC(C)(C)c1cc(N2CN(c3cccc(Oc4ccc5c6cc(C(C)(C)c7ccccc7)ccc6n(-c6cc(C(C)(C)c7ccccc7)ccn6)c5c4)c3)c3cc(C(C)(C)C)c(C(C)(C)C)cc32)cc(C(C)(C)C)c1. The molecular formula is C70H78N4O. The highest BCUT2D eigenvalue weighted by Gasteiger charge is 2.36. The first-order valence-corrected chi connectivity index (χ1v) is 27.0. The zero-order valence-corrected chi connectivity index (χ0v) is 47.6. The van der Waals surface area contributed by atoms with Crippen LogP contribution in [-0.4, -0.2) is 16.2 Å². The molecule has 5 heteroatoms. The molecule has 5 nitrogen and oxygen atoms in total. The summed E-state index contributed by atoms with van der Waals surface area (Å²) in [5.41, 5.74) is 16.7. The normalized spacial score (nSPS) is 13.8. The van der Waals surface area contributed by atoms with Crippen LogP contribution in [0.15, 0.2) is 170 Å². The van der Waals surface area contributed by atoms with Crippen molar-refractivity contribution in [2.45, 2.75) is 143 Å². The van der Waals surface area contributed by atoms with Crippen molar-refractivity contribution in [3.05, 3.63) is 214 Å². The number of aromatic nitrogens is 2. The van der Waals surface area contributed by atoms with Crippen molar-refractivity contribution in [3.8, 4) is 17.3 Å². The number of anilines is 4. The fourth-order valence-electron chi connectivity index (χ4n) is 11.1. The molecule has 0 aliphatic carbocycles. The van der Waals surface area contributed by atoms with E-state index in [1.807, 2.05) is 6.20 Å². The Morgan fingerprint density at radius 1 is 0.373 bits per heavy atom. The van der Waals surface area contributed by atoms with Crippen molar-refractivity contribution in [3.63, 3.8) is 0 Å². The van der Waals surface area contributed by atoms with Gasteiger partial charge < -0.3 is 14.5 Å². The molecule has 1 aliphatic heterocycles. The van der Waals surface area contributed by atoms with E-state index in [0.29, 0.717) is 6.67 Å². The molecule has 0 saturated carbocycles. The van der Waals surface area contributed by atoms with Crippen molar-refractivity contribution in [1.29, 1.82) is 0 Å². The van der Waals surface area contributed by atoms with Crippen molar-refractivity contribution in [2.24, 2.45) is 0 Å². The summed E-state index contributed by atoms with van der Waals surface area (Å²) in [5, 5.41) is 2.33. The number of hydrogen-bond acceptors (Lipinski definition) is 4. The number of hydrogen-bond donors (Lipinski definition) is 0. The average molecular weight is 991 g/mol. The molecule has 3 heterocycles. The van der Waals surface area contributed by atoms with Crippen LogP contribution < -0.4 is 14.5 Å². The largest absolute Gasteiger partial charge is 0.457 e. The van der Waals surface area contributed by atoms with Gasteiger partial charge in [-0.25, -0.2) is 4.98 Å². The van der Waals surface area contributed by atoms with Gasteiger partial charge in [-0.05, 0) is 139 Å². The van der Waals surface area contributed by atoms with Gasteiger partial charge in [-0.1, -0.05) is 190 Å². The zero-order chi connectivity index (χ0) is 53.6. The fraction of sp³-hybridized carbons (Fsp3) is 0.329. The van der Waals surface area contributed by atoms with E-state index in [1.165, 1.54) is 67.0 Å². The first-order valence-electron chi connectivity index (χ1n) is 27.0. The van der Waals surface area contributed by atoms with Crippen LogP contribution in [0.1, 0.15) is 155 Å². The first-order chi connectivity index (χ1) is 35.2. The molecule has 0 radical (unpaired) electrons. The third kappa shape index (κ3) is 9.64. The molecule has 0 fully saturated rings. The lowest BCUT2D eigenvalue weighted by atomic mass is 9.74. The molecule has 1 aliphatic rings. The molecule has 0 bridgehead atoms. The molecule has 0 unspecified atom stereocenters. The van der Waals surface area contributed by atoms with Gasteiger partial charge in [0.2, 0.25) is 0 Å². The topological polar surface area (TPSA) is 33.5 Å². The van der Waals surface area contributed by atoms with Crippen LogP contribution in [0.25, 0.3) is 27.6 Å². The Bertz CT molecular complexity index is 3560. The molecule has 7 aromatic carbocycles. The predicted molar refractivity (Wildman–Crippen MR) is 319 cm³/mol. The summed E-state index contributed by atoms with van der Waals surface area (Å²) >= 11 is 0. The minimum Gasteiger partial charge on any atom is -0.457 e. The summed E-state index contributed by atoms with van der Waals surface area (Å²) in [5.74, 6) is 2.41. The fourth-order valence-corrected chi connectivity index (χ4v) is 11.1. The second kappa shape index (κ2) is 18.3. The third-order valence-electron chi connectivity index (χ3n) is 16.1. The van der Waals surface area contributed by atoms with Crippen molar-refractivity contribution in [1.82, 2.24) is 9.55 Å². The summed E-state index contributed by atoms with van der Waals surface area (Å²) in [7, 11) is 0. The highest BCUT2D eigenvalue weighted by Crippen LogP contribution is 2.51. The number of ether oxygens (including phenoxy) is 1. The summed E-state index contributed by atoms with van der Waals surface area (Å²) in [6.07, 6.45) is 1.96. The van der Waals surface area contributed by atoms with E-state index in [0.717, 1.165) is 39.4 Å². The minimum atomic E-state index is -0.244. The summed E-state index contributed by atoms with van der Waals surface area (Å²) in [4.78, 5) is 10.1. The van der Waals surface area contributed by atoms with Crippen molar-refractivity contribution >= 4 is 44.6 Å². The van der Waals surface area contributed by atoms with Crippen LogP contribution >= 0.6 is 0 Å². The van der Waals surface area contributed by atoms with Gasteiger partial charge in [-0.2, -0.15) is 0 Å². The second-order valence-corrected chi connectivity index (χ2v) is 26.4. The van der Waals surface area contributed by atoms with Gasteiger partial charge in [0.05, 0.1) is 22.4 Å². The number of rotatable bonds is 9. The number of pyridine rings is 1. The lowest BCUT2D eigenvalue weighted by Crippen LogP contribution is -2.25. The molecule has 0 spiro atoms. The maximum atomic E-state index is 7.02. The quantitative estimate of drug-likeness (QED) is 0.144. The monoisotopic (exact) mass is 991 g/mol. The highest BCUT2D eigenvalue weighted by atomic mass is 16.5. The molecule has 0 amide bonds. The molecular weight excluding hydrogens is 913 g/mol. The van der Waals surface area contributed by atoms with Gasteiger partial charge in [-0.15, -0.1) is 0 Å². The maximum Gasteiger partial charge on any atom is 0.137 e. The molecule has 2 aromatic heterocycles. The Balaban J connectivity index is 1.09. The van der Waals surface area contributed by atoms with E-state index in [2.05, 4.69) is 289 Å². The molecule has 384 valence electrons. The van der Waals surface area contributed by atoms with Crippen molar-refractivity contribution < 1.29 is 4.74 Å². The van der Waals surface area contributed by atoms with Gasteiger partial charge in [0, 0.05) is 51.3 Å². The summed E-state index contributed by atoms with van der Waals surface area (Å²) < 4.78 is 9.34. The highest BCUT2D eigenvalue weighted by molar-refractivity contribution is 6.10. The third-order valence-corrected chi connectivity index (χ3v) is 16.1. The Hall–Kier alpha value is -7.11. The van der Waals surface area contributed by atoms with E-state index in [9.17, 15) is 0 Å². The Morgan fingerprint density at radius 3 is 1.45 bits per heavy atom. The van der Waals surface area contributed by atoms with Crippen LogP contribution in [0.3, 0.4) is 0 Å². The molecule has 75 heavy (non-hydrogen) atoms. The van der Waals surface area contributed by atoms with Gasteiger partial charge >= 0.3 is 0 Å². The zero-order valence-electron chi connectivity index (χ0n) is 47.6. The molecule has 10 rings (SSSR count). The molecule has 0 N–H and O–H groups in total. The average Bonchev–Trinajstić information content (AvgIpc) is 3.92. The van der Waals surface area contributed by atoms with E-state index >= 15 is 0 Å². The van der Waals surface area contributed by atoms with Gasteiger partial charge in [-0.3, -0.25) is 4.57 Å². The van der Waals surface area contributed by atoms with Crippen molar-refractivity contribution in [2.75, 3.05) is 16.5 Å². The van der Waals surface area contributed by atoms with Gasteiger partial charge in [0.15, 0.2) is 0 Å². The van der Waals surface area contributed by atoms with Crippen LogP contribution in [0.4, 0.5) is 22.7 Å². The second-order valence-electron chi connectivity index (χ2n) is 26.4.